The lowest BCUT2D eigenvalue weighted by Gasteiger charge is -2.16. The monoisotopic (exact) mass is 446 g/mol. The molecule has 0 aliphatic carbocycles. The van der Waals surface area contributed by atoms with Gasteiger partial charge in [0, 0.05) is 49.1 Å². The molecule has 2 heterocycles. The second-order valence-corrected chi connectivity index (χ2v) is 6.99. The Balaban J connectivity index is 2.32. The van der Waals surface area contributed by atoms with Gasteiger partial charge in [-0.1, -0.05) is 23.2 Å². The summed E-state index contributed by atoms with van der Waals surface area (Å²) < 4.78 is 10.7. The first kappa shape index (κ1) is 21.6. The van der Waals surface area contributed by atoms with Gasteiger partial charge in [-0.15, -0.1) is 0 Å². The third-order valence-corrected chi connectivity index (χ3v) is 5.12. The second-order valence-electron chi connectivity index (χ2n) is 6.23. The zero-order chi connectivity index (χ0) is 21.8. The average Bonchev–Trinajstić information content (AvgIpc) is 2.74. The molecule has 3 aromatic rings. The van der Waals surface area contributed by atoms with E-state index in [4.69, 9.17) is 48.8 Å². The van der Waals surface area contributed by atoms with Crippen LogP contribution in [0.4, 0.5) is 5.95 Å². The summed E-state index contributed by atoms with van der Waals surface area (Å²) in [5, 5.41) is 11.9. The molecule has 156 valence electrons. The van der Waals surface area contributed by atoms with Gasteiger partial charge in [-0.3, -0.25) is 4.98 Å². The van der Waals surface area contributed by atoms with Crippen LogP contribution in [-0.4, -0.2) is 42.4 Å². The molecular weight excluding hydrogens is 427 g/mol. The van der Waals surface area contributed by atoms with Crippen molar-refractivity contribution in [2.24, 2.45) is 0 Å². The smallest absolute Gasteiger partial charge is 0.220 e. The summed E-state index contributed by atoms with van der Waals surface area (Å²) in [5.41, 5.74) is 8.61. The van der Waals surface area contributed by atoms with Crippen LogP contribution < -0.4 is 20.5 Å². The lowest BCUT2D eigenvalue weighted by molar-refractivity contribution is 0.395. The van der Waals surface area contributed by atoms with Crippen LogP contribution in [0.15, 0.2) is 30.1 Å². The molecule has 0 amide bonds. The molecule has 0 atom stereocenters. The third kappa shape index (κ3) is 4.10. The first-order chi connectivity index (χ1) is 14.4. The van der Waals surface area contributed by atoms with E-state index in [9.17, 15) is 0 Å². The summed E-state index contributed by atoms with van der Waals surface area (Å²) in [7, 11) is 4.77. The minimum absolute atomic E-state index is 0.131. The van der Waals surface area contributed by atoms with Crippen LogP contribution in [0.25, 0.3) is 22.2 Å². The van der Waals surface area contributed by atoms with Gasteiger partial charge in [0.05, 0.1) is 41.2 Å². The van der Waals surface area contributed by atoms with Gasteiger partial charge in [0.25, 0.3) is 0 Å². The highest BCUT2D eigenvalue weighted by atomic mass is 35.5. The molecule has 4 N–H and O–H groups in total. The van der Waals surface area contributed by atoms with Gasteiger partial charge >= 0.3 is 0 Å². The van der Waals surface area contributed by atoms with Gasteiger partial charge in [0.1, 0.15) is 11.5 Å². The lowest BCUT2D eigenvalue weighted by atomic mass is 10.0. The Morgan fingerprint density at radius 2 is 1.83 bits per heavy atom. The number of halogens is 2. The molecule has 8 nitrogen and oxygen atoms in total. The number of anilines is 1. The zero-order valence-electron chi connectivity index (χ0n) is 16.6. The highest BCUT2D eigenvalue weighted by molar-refractivity contribution is 6.41. The largest absolute Gasteiger partial charge is 0.495 e. The number of aromatic nitrogens is 3. The number of hydrogen-bond donors (Lipinski definition) is 3. The van der Waals surface area contributed by atoms with Crippen LogP contribution in [0.5, 0.6) is 11.5 Å². The van der Waals surface area contributed by atoms with Gasteiger partial charge < -0.3 is 25.9 Å². The number of pyridine rings is 1. The van der Waals surface area contributed by atoms with Crippen molar-refractivity contribution >= 4 is 46.3 Å². The van der Waals surface area contributed by atoms with Crippen LogP contribution in [0, 0.1) is 5.41 Å². The van der Waals surface area contributed by atoms with E-state index in [1.807, 2.05) is 0 Å². The van der Waals surface area contributed by atoms with E-state index in [0.717, 1.165) is 0 Å². The SMILES string of the molecule is CN/C=C(\C=N)Cc1nc(-c2c(Cl)c(OC)cc(OC)c2Cl)cc2cnc(N)nc12. The number of nitrogens with one attached hydrogen (secondary N) is 2. The number of rotatable bonds is 7. The summed E-state index contributed by atoms with van der Waals surface area (Å²) in [5.74, 6) is 0.937. The predicted molar refractivity (Wildman–Crippen MR) is 120 cm³/mol. The van der Waals surface area contributed by atoms with Gasteiger partial charge in [0.15, 0.2) is 0 Å². The molecule has 1 aromatic carbocycles. The second kappa shape index (κ2) is 9.15. The van der Waals surface area contributed by atoms with Crippen molar-refractivity contribution in [1.29, 1.82) is 5.41 Å². The maximum atomic E-state index is 7.66. The van der Waals surface area contributed by atoms with E-state index in [-0.39, 0.29) is 5.95 Å². The zero-order valence-corrected chi connectivity index (χ0v) is 18.1. The van der Waals surface area contributed by atoms with Crippen molar-refractivity contribution in [2.75, 3.05) is 27.0 Å². The first-order valence-corrected chi connectivity index (χ1v) is 9.58. The maximum Gasteiger partial charge on any atom is 0.220 e. The normalized spacial score (nSPS) is 11.4. The maximum absolute atomic E-state index is 7.66. The number of nitrogens with zero attached hydrogens (tertiary/aromatic N) is 3. The van der Waals surface area contributed by atoms with Gasteiger partial charge in [-0.2, -0.15) is 0 Å². The molecular formula is C20H20Cl2N6O2. The topological polar surface area (TPSA) is 119 Å². The Morgan fingerprint density at radius 3 is 2.40 bits per heavy atom. The fraction of sp³-hybridized carbons (Fsp3) is 0.200. The van der Waals surface area contributed by atoms with E-state index in [1.54, 1.807) is 31.6 Å². The van der Waals surface area contributed by atoms with E-state index >= 15 is 0 Å². The van der Waals surface area contributed by atoms with Crippen molar-refractivity contribution in [3.05, 3.63) is 45.8 Å². The average molecular weight is 447 g/mol. The molecule has 0 aliphatic rings. The number of nitrogen functional groups attached to an aromatic ring is 1. The fourth-order valence-electron chi connectivity index (χ4n) is 3.00. The van der Waals surface area contributed by atoms with Crippen LogP contribution in [0.1, 0.15) is 5.69 Å². The van der Waals surface area contributed by atoms with Crippen LogP contribution in [0.2, 0.25) is 10.0 Å². The molecule has 0 spiro atoms. The van der Waals surface area contributed by atoms with Crippen LogP contribution >= 0.6 is 23.2 Å². The number of benzene rings is 1. The third-order valence-electron chi connectivity index (χ3n) is 4.37. The molecule has 0 saturated carbocycles. The Kier molecular flexibility index (Phi) is 6.59. The number of hydrogen-bond acceptors (Lipinski definition) is 8. The number of allylic oxidation sites excluding steroid dienone is 1. The van der Waals surface area contributed by atoms with Crippen molar-refractivity contribution in [3.63, 3.8) is 0 Å². The van der Waals surface area contributed by atoms with E-state index < -0.39 is 0 Å². The van der Waals surface area contributed by atoms with Gasteiger partial charge in [0.2, 0.25) is 5.95 Å². The summed E-state index contributed by atoms with van der Waals surface area (Å²) in [6, 6.07) is 3.39. The number of fused-ring (bicyclic) bond motifs is 1. The summed E-state index contributed by atoms with van der Waals surface area (Å²) in [6.45, 7) is 0. The van der Waals surface area contributed by atoms with Crippen molar-refractivity contribution in [2.45, 2.75) is 6.42 Å². The quantitative estimate of drug-likeness (QED) is 0.470. The van der Waals surface area contributed by atoms with E-state index in [2.05, 4.69) is 15.3 Å². The lowest BCUT2D eigenvalue weighted by Crippen LogP contribution is -2.05. The van der Waals surface area contributed by atoms with Crippen molar-refractivity contribution in [3.8, 4) is 22.8 Å². The molecule has 2 aromatic heterocycles. The number of methoxy groups -OCH3 is 2. The summed E-state index contributed by atoms with van der Waals surface area (Å²) >= 11 is 13.2. The Bertz CT molecular complexity index is 1120. The number of nitrogens with two attached hydrogens (primary N) is 1. The summed E-state index contributed by atoms with van der Waals surface area (Å²) in [4.78, 5) is 13.2. The highest BCUT2D eigenvalue weighted by Gasteiger charge is 2.21. The van der Waals surface area contributed by atoms with Gasteiger partial charge in [-0.25, -0.2) is 9.97 Å². The van der Waals surface area contributed by atoms with Crippen LogP contribution in [-0.2, 0) is 6.42 Å². The molecule has 0 unspecified atom stereocenters. The first-order valence-electron chi connectivity index (χ1n) is 8.82. The van der Waals surface area contributed by atoms with Gasteiger partial charge in [-0.05, 0) is 11.6 Å². The number of ether oxygens (including phenoxy) is 2. The highest BCUT2D eigenvalue weighted by Crippen LogP contribution is 2.45. The fourth-order valence-corrected chi connectivity index (χ4v) is 3.70. The minimum Gasteiger partial charge on any atom is -0.495 e. The Labute approximate surface area is 183 Å². The molecule has 0 aliphatic heterocycles. The Morgan fingerprint density at radius 1 is 1.17 bits per heavy atom. The Hall–Kier alpha value is -3.10. The predicted octanol–water partition coefficient (Wildman–Crippen LogP) is 3.89. The molecule has 30 heavy (non-hydrogen) atoms. The molecule has 0 saturated heterocycles. The minimum atomic E-state index is 0.131. The molecule has 0 radical (unpaired) electrons. The molecule has 0 fully saturated rings. The molecule has 10 heteroatoms. The van der Waals surface area contributed by atoms with Crippen molar-refractivity contribution in [1.82, 2.24) is 20.3 Å². The van der Waals surface area contributed by atoms with E-state index in [1.165, 1.54) is 20.4 Å². The van der Waals surface area contributed by atoms with Crippen molar-refractivity contribution < 1.29 is 9.47 Å². The van der Waals surface area contributed by atoms with Crippen LogP contribution in [0.3, 0.4) is 0 Å². The van der Waals surface area contributed by atoms with E-state index in [0.29, 0.717) is 61.4 Å². The molecule has 0 bridgehead atoms. The summed E-state index contributed by atoms with van der Waals surface area (Å²) in [6.07, 6.45) is 4.90. The standard InChI is InChI=1S/C20H20Cl2N6O2/c1-25-8-10(7-23)4-13-19-11(9-26-20(24)28-19)5-12(27-13)16-17(21)14(29-2)6-15(30-3)18(16)22/h5-9,23,25H,4H2,1-3H3,(H2,24,26,28)/b10-8-,23-7?. The molecule has 3 rings (SSSR count).